The van der Waals surface area contributed by atoms with E-state index in [1.54, 1.807) is 0 Å². The van der Waals surface area contributed by atoms with E-state index in [1.165, 1.54) is 0 Å². The van der Waals surface area contributed by atoms with Crippen molar-refractivity contribution in [1.29, 1.82) is 0 Å². The molecule has 7 nitrogen and oxygen atoms in total. The highest BCUT2D eigenvalue weighted by Crippen LogP contribution is 2.26. The second-order valence-electron chi connectivity index (χ2n) is 5.36. The average molecular weight is 315 g/mol. The molecule has 0 fully saturated rings. The van der Waals surface area contributed by atoms with E-state index in [2.05, 4.69) is 4.72 Å². The van der Waals surface area contributed by atoms with E-state index in [1.807, 2.05) is 13.8 Å². The summed E-state index contributed by atoms with van der Waals surface area (Å²) in [6.07, 6.45) is 1.73. The van der Waals surface area contributed by atoms with Crippen LogP contribution in [0.25, 0.3) is 0 Å². The number of aliphatic carboxylic acids is 1. The van der Waals surface area contributed by atoms with E-state index < -0.39 is 30.9 Å². The van der Waals surface area contributed by atoms with Crippen molar-refractivity contribution in [3.05, 3.63) is 0 Å². The van der Waals surface area contributed by atoms with Gasteiger partial charge in [-0.1, -0.05) is 13.8 Å². The van der Waals surface area contributed by atoms with E-state index >= 15 is 0 Å². The Balaban J connectivity index is 4.25. The van der Waals surface area contributed by atoms with Gasteiger partial charge in [-0.25, -0.2) is 21.6 Å². The van der Waals surface area contributed by atoms with Gasteiger partial charge >= 0.3 is 5.97 Å². The molecule has 0 aromatic rings. The van der Waals surface area contributed by atoms with Crippen LogP contribution in [0.1, 0.15) is 33.1 Å². The lowest BCUT2D eigenvalue weighted by molar-refractivity contribution is -0.137. The minimum absolute atomic E-state index is 0.0170. The fraction of sp³-hybridized carbons (Fsp3) is 0.900. The molecule has 0 atom stereocenters. The van der Waals surface area contributed by atoms with Crippen LogP contribution in [0.5, 0.6) is 0 Å². The maximum absolute atomic E-state index is 11.4. The Morgan fingerprint density at radius 1 is 1.16 bits per heavy atom. The van der Waals surface area contributed by atoms with E-state index in [4.69, 9.17) is 5.11 Å². The zero-order chi connectivity index (χ0) is 15.3. The van der Waals surface area contributed by atoms with E-state index in [9.17, 15) is 21.6 Å². The summed E-state index contributed by atoms with van der Waals surface area (Å²) in [5, 5.41) is 7.65. The van der Waals surface area contributed by atoms with Crippen molar-refractivity contribution in [2.45, 2.75) is 33.1 Å². The summed E-state index contributed by atoms with van der Waals surface area (Å²) in [5.74, 6) is -0.897. The second-order valence-corrected chi connectivity index (χ2v) is 9.67. The third kappa shape index (κ3) is 10.9. The Morgan fingerprint density at radius 3 is 2.11 bits per heavy atom. The van der Waals surface area contributed by atoms with Crippen LogP contribution < -0.4 is 4.72 Å². The van der Waals surface area contributed by atoms with Crippen molar-refractivity contribution in [3.63, 3.8) is 0 Å². The SMILES string of the molecule is CC(C)(CCNS(=O)(=O)CS(C)(=O)=O)CCC(=O)O. The van der Waals surface area contributed by atoms with E-state index in [0.29, 0.717) is 12.8 Å². The minimum atomic E-state index is -3.85. The molecule has 0 amide bonds. The summed E-state index contributed by atoms with van der Waals surface area (Å²) in [6.45, 7) is 3.76. The molecule has 0 spiro atoms. The van der Waals surface area contributed by atoms with Crippen LogP contribution in [-0.4, -0.2) is 45.8 Å². The molecule has 0 aromatic carbocycles. The predicted octanol–water partition coefficient (Wildman–Crippen LogP) is 0.189. The summed E-state index contributed by atoms with van der Waals surface area (Å²) >= 11 is 0. The third-order valence-corrected chi connectivity index (χ3v) is 6.11. The lowest BCUT2D eigenvalue weighted by Gasteiger charge is -2.23. The molecule has 0 aromatic heterocycles. The zero-order valence-corrected chi connectivity index (χ0v) is 13.0. The number of rotatable bonds is 9. The monoisotopic (exact) mass is 315 g/mol. The first-order valence-electron chi connectivity index (χ1n) is 5.70. The molecule has 0 aliphatic rings. The zero-order valence-electron chi connectivity index (χ0n) is 11.3. The first-order valence-corrected chi connectivity index (χ1v) is 9.41. The fourth-order valence-electron chi connectivity index (χ4n) is 1.44. The molecule has 9 heteroatoms. The number of hydrogen-bond acceptors (Lipinski definition) is 5. The normalized spacial score (nSPS) is 13.4. The Hall–Kier alpha value is -0.670. The van der Waals surface area contributed by atoms with E-state index in [-0.39, 0.29) is 18.4 Å². The van der Waals surface area contributed by atoms with Crippen molar-refractivity contribution in [3.8, 4) is 0 Å². The van der Waals surface area contributed by atoms with Gasteiger partial charge in [0.15, 0.2) is 14.9 Å². The number of carboxylic acid groups (broad SMARTS) is 1. The van der Waals surface area contributed by atoms with Crippen molar-refractivity contribution < 1.29 is 26.7 Å². The van der Waals surface area contributed by atoms with Crippen molar-refractivity contribution >= 4 is 25.8 Å². The number of carboxylic acids is 1. The Labute approximate surface area is 114 Å². The molecule has 0 aliphatic heterocycles. The van der Waals surface area contributed by atoms with Crippen LogP contribution >= 0.6 is 0 Å². The molecule has 0 heterocycles. The predicted molar refractivity (Wildman–Crippen MR) is 71.9 cm³/mol. The lowest BCUT2D eigenvalue weighted by Crippen LogP contribution is -2.32. The molecule has 0 aliphatic carbocycles. The van der Waals surface area contributed by atoms with Gasteiger partial charge in [0.1, 0.15) is 0 Å². The lowest BCUT2D eigenvalue weighted by atomic mass is 9.84. The minimum Gasteiger partial charge on any atom is -0.481 e. The van der Waals surface area contributed by atoms with Crippen molar-refractivity contribution in [1.82, 2.24) is 4.72 Å². The summed E-state index contributed by atoms with van der Waals surface area (Å²) in [7, 11) is -7.44. The van der Waals surface area contributed by atoms with Gasteiger partial charge in [0.2, 0.25) is 10.0 Å². The standard InChI is InChI=1S/C10H21NO6S2/c1-10(2,5-4-9(12)13)6-7-11-19(16,17)8-18(3,14)15/h11H,4-8H2,1-3H3,(H,12,13). The molecule has 0 rings (SSSR count). The van der Waals surface area contributed by atoms with Gasteiger partial charge in [-0.3, -0.25) is 4.79 Å². The summed E-state index contributed by atoms with van der Waals surface area (Å²) in [6, 6.07) is 0. The molecule has 19 heavy (non-hydrogen) atoms. The first kappa shape index (κ1) is 18.3. The topological polar surface area (TPSA) is 118 Å². The summed E-state index contributed by atoms with van der Waals surface area (Å²) in [4.78, 5) is 10.5. The number of nitrogens with one attached hydrogen (secondary N) is 1. The van der Waals surface area contributed by atoms with E-state index in [0.717, 1.165) is 6.26 Å². The van der Waals surface area contributed by atoms with Crippen molar-refractivity contribution in [2.75, 3.05) is 17.9 Å². The number of sulfone groups is 1. The largest absolute Gasteiger partial charge is 0.481 e. The van der Waals surface area contributed by atoms with Crippen LogP contribution in [0.4, 0.5) is 0 Å². The molecule has 0 radical (unpaired) electrons. The number of hydrogen-bond donors (Lipinski definition) is 2. The van der Waals surface area contributed by atoms with Gasteiger partial charge in [0, 0.05) is 19.2 Å². The number of carbonyl (C=O) groups is 1. The average Bonchev–Trinajstić information content (AvgIpc) is 2.10. The van der Waals surface area contributed by atoms with Crippen molar-refractivity contribution in [2.24, 2.45) is 5.41 Å². The molecule has 114 valence electrons. The van der Waals surface area contributed by atoms with Gasteiger partial charge in [0.25, 0.3) is 0 Å². The Bertz CT molecular complexity index is 506. The van der Waals surface area contributed by atoms with Crippen LogP contribution in [-0.2, 0) is 24.7 Å². The molecule has 0 bridgehead atoms. The fourth-order valence-corrected chi connectivity index (χ4v) is 4.44. The Kier molecular flexibility index (Phi) is 6.43. The molecular weight excluding hydrogens is 294 g/mol. The summed E-state index contributed by atoms with van der Waals surface area (Å²) < 4.78 is 46.8. The molecule has 0 saturated heterocycles. The Morgan fingerprint density at radius 2 is 1.68 bits per heavy atom. The highest BCUT2D eigenvalue weighted by molar-refractivity contribution is 8.06. The number of sulfonamides is 1. The molecule has 0 unspecified atom stereocenters. The van der Waals surface area contributed by atoms with Gasteiger partial charge < -0.3 is 5.11 Å². The first-order chi connectivity index (χ1) is 8.33. The summed E-state index contributed by atoms with van der Waals surface area (Å²) in [5.41, 5.74) is -0.327. The van der Waals surface area contributed by atoms with Crippen LogP contribution in [0.2, 0.25) is 0 Å². The van der Waals surface area contributed by atoms with Gasteiger partial charge in [-0.2, -0.15) is 0 Å². The van der Waals surface area contributed by atoms with Gasteiger partial charge in [-0.15, -0.1) is 0 Å². The maximum atomic E-state index is 11.4. The third-order valence-electron chi connectivity index (χ3n) is 2.51. The highest BCUT2D eigenvalue weighted by Gasteiger charge is 2.22. The van der Waals surface area contributed by atoms with Crippen LogP contribution in [0.15, 0.2) is 0 Å². The molecule has 2 N–H and O–H groups in total. The smallest absolute Gasteiger partial charge is 0.303 e. The maximum Gasteiger partial charge on any atom is 0.303 e. The molecular formula is C10H21NO6S2. The van der Waals surface area contributed by atoms with Crippen LogP contribution in [0.3, 0.4) is 0 Å². The quantitative estimate of drug-likeness (QED) is 0.627. The van der Waals surface area contributed by atoms with Gasteiger partial charge in [0.05, 0.1) is 0 Å². The van der Waals surface area contributed by atoms with Crippen LogP contribution in [0, 0.1) is 5.41 Å². The van der Waals surface area contributed by atoms with Gasteiger partial charge in [-0.05, 0) is 18.3 Å². The molecule has 0 saturated carbocycles. The second kappa shape index (κ2) is 6.67. The highest BCUT2D eigenvalue weighted by atomic mass is 32.3.